The van der Waals surface area contributed by atoms with Crippen molar-refractivity contribution in [2.45, 2.75) is 4.90 Å². The van der Waals surface area contributed by atoms with Gasteiger partial charge in [-0.15, -0.1) is 0 Å². The van der Waals surface area contributed by atoms with Gasteiger partial charge in [0.1, 0.15) is 0 Å². The minimum absolute atomic E-state index is 0.605. The van der Waals surface area contributed by atoms with Crippen LogP contribution >= 0.6 is 6.83 Å². The van der Waals surface area contributed by atoms with Gasteiger partial charge in [-0.3, -0.25) is 0 Å². The Hall–Kier alpha value is -1.50. The average molecular weight is 336 g/mol. The van der Waals surface area contributed by atoms with E-state index in [0.717, 1.165) is 18.2 Å². The zero-order valence-electron chi connectivity index (χ0n) is 12.0. The first-order chi connectivity index (χ1) is 9.21. The predicted molar refractivity (Wildman–Crippen MR) is 79.2 cm³/mol. The van der Waals surface area contributed by atoms with E-state index in [2.05, 4.69) is 0 Å². The van der Waals surface area contributed by atoms with Gasteiger partial charge in [0.2, 0.25) is 0 Å². The second kappa shape index (κ2) is 5.05. The zero-order chi connectivity index (χ0) is 16.7. The van der Waals surface area contributed by atoms with Gasteiger partial charge >= 0.3 is 122 Å². The average Bonchev–Trinajstić information content (AvgIpc) is 2.23. The van der Waals surface area contributed by atoms with Crippen LogP contribution in [-0.4, -0.2) is 57.2 Å². The van der Waals surface area contributed by atoms with Gasteiger partial charge in [0.05, 0.1) is 0 Å². The molecule has 0 amide bonds. The molecular weight excluding hydrogens is 319 g/mol. The summed E-state index contributed by atoms with van der Waals surface area (Å²) >= 11 is 0. The third kappa shape index (κ3) is 4.49. The van der Waals surface area contributed by atoms with Gasteiger partial charge in [0.25, 0.3) is 0 Å². The first-order valence-electron chi connectivity index (χ1n) is 5.78. The number of rotatable bonds is 5. The molecule has 118 valence electrons. The van der Waals surface area contributed by atoms with E-state index in [1.54, 1.807) is 26.7 Å². The molecule has 1 aromatic carbocycles. The van der Waals surface area contributed by atoms with Crippen molar-refractivity contribution in [2.24, 2.45) is 0 Å². The molecule has 0 unspecified atom stereocenters. The monoisotopic (exact) mass is 336 g/mol. The van der Waals surface area contributed by atoms with Crippen LogP contribution in [0.5, 0.6) is 0 Å². The van der Waals surface area contributed by atoms with Gasteiger partial charge in [-0.2, -0.15) is 0 Å². The van der Waals surface area contributed by atoms with E-state index < -0.39 is 44.9 Å². The third-order valence-electron chi connectivity index (χ3n) is 2.14. The topological polar surface area (TPSA) is 118 Å². The van der Waals surface area contributed by atoms with Crippen molar-refractivity contribution in [3.8, 4) is 0 Å². The molecule has 21 heavy (non-hydrogen) atoms. The maximum absolute atomic E-state index is 12.3. The van der Waals surface area contributed by atoms with Crippen LogP contribution in [0.1, 0.15) is 20.7 Å². The molecule has 0 bridgehead atoms. The van der Waals surface area contributed by atoms with Gasteiger partial charge in [0.15, 0.2) is 0 Å². The fourth-order valence-electron chi connectivity index (χ4n) is 1.57. The zero-order valence-corrected chi connectivity index (χ0v) is 13.7. The molecule has 0 aliphatic carbocycles. The Morgan fingerprint density at radius 3 is 1.95 bits per heavy atom. The number of benzene rings is 1. The molecule has 0 aromatic heterocycles. The standard InChI is InChI=1S/C12H17O7PS/c1-20(2,3,4)19-21(17,18)9-7-5-6-8(11(13)14)10(9)12(15)16/h5-7H,1-4H3,(H,13,14)(H,15,16). The molecule has 0 aliphatic rings. The Kier molecular flexibility index (Phi) is 4.22. The summed E-state index contributed by atoms with van der Waals surface area (Å²) < 4.78 is 29.8. The maximum atomic E-state index is 12.3. The fraction of sp³-hybridized carbons (Fsp3) is 0.333. The van der Waals surface area contributed by atoms with Crippen molar-refractivity contribution in [3.05, 3.63) is 29.3 Å². The summed E-state index contributed by atoms with van der Waals surface area (Å²) in [6.07, 6.45) is 0. The van der Waals surface area contributed by atoms with Crippen molar-refractivity contribution < 1.29 is 32.2 Å². The van der Waals surface area contributed by atoms with Crippen molar-refractivity contribution in [2.75, 3.05) is 26.7 Å². The summed E-state index contributed by atoms with van der Waals surface area (Å²) in [6, 6.07) is 3.21. The van der Waals surface area contributed by atoms with Gasteiger partial charge < -0.3 is 0 Å². The molecule has 0 saturated heterocycles. The minimum atomic E-state index is -4.39. The van der Waals surface area contributed by atoms with Crippen LogP contribution in [0.2, 0.25) is 0 Å². The molecular formula is C12H17O7PS. The van der Waals surface area contributed by atoms with Gasteiger partial charge in [-0.05, 0) is 0 Å². The molecule has 7 nitrogen and oxygen atoms in total. The van der Waals surface area contributed by atoms with Crippen LogP contribution in [0.15, 0.2) is 23.1 Å². The summed E-state index contributed by atoms with van der Waals surface area (Å²) in [5, 5.41) is 18.1. The number of carboxylic acids is 2. The molecule has 1 rings (SSSR count). The number of carbonyl (C=O) groups is 2. The van der Waals surface area contributed by atoms with Crippen molar-refractivity contribution in [3.63, 3.8) is 0 Å². The van der Waals surface area contributed by atoms with E-state index in [0.29, 0.717) is 0 Å². The van der Waals surface area contributed by atoms with Crippen molar-refractivity contribution in [1.29, 1.82) is 0 Å². The van der Waals surface area contributed by atoms with E-state index in [4.69, 9.17) is 14.2 Å². The molecule has 0 heterocycles. The van der Waals surface area contributed by atoms with Gasteiger partial charge in [-0.25, -0.2) is 0 Å². The molecule has 0 spiro atoms. The summed E-state index contributed by atoms with van der Waals surface area (Å²) in [7, 11) is -4.39. The van der Waals surface area contributed by atoms with E-state index in [9.17, 15) is 18.0 Å². The Bertz CT molecular complexity index is 704. The van der Waals surface area contributed by atoms with E-state index in [1.807, 2.05) is 0 Å². The summed E-state index contributed by atoms with van der Waals surface area (Å²) in [6.45, 7) is 3.54. The first kappa shape index (κ1) is 17.6. The van der Waals surface area contributed by atoms with Crippen molar-refractivity contribution in [1.82, 2.24) is 0 Å². The first-order valence-corrected chi connectivity index (χ1v) is 11.1. The Morgan fingerprint density at radius 1 is 1.05 bits per heavy atom. The second-order valence-corrected chi connectivity index (χ2v) is 15.0. The molecule has 0 saturated carbocycles. The van der Waals surface area contributed by atoms with Crippen LogP contribution in [0.4, 0.5) is 0 Å². The summed E-state index contributed by atoms with van der Waals surface area (Å²) in [5.74, 6) is -3.17. The van der Waals surface area contributed by atoms with Crippen LogP contribution in [-0.2, 0) is 14.1 Å². The quantitative estimate of drug-likeness (QED) is 0.787. The molecule has 0 aliphatic heterocycles. The van der Waals surface area contributed by atoms with Crippen LogP contribution in [0, 0.1) is 0 Å². The Labute approximate surface area is 122 Å². The van der Waals surface area contributed by atoms with Crippen LogP contribution in [0.3, 0.4) is 0 Å². The predicted octanol–water partition coefficient (Wildman–Crippen LogP) is 1.78. The molecule has 0 radical (unpaired) electrons. The number of hydrogen-bond donors (Lipinski definition) is 2. The Balaban J connectivity index is 3.62. The van der Waals surface area contributed by atoms with Gasteiger partial charge in [0, 0.05) is 0 Å². The van der Waals surface area contributed by atoms with Gasteiger partial charge in [-0.1, -0.05) is 0 Å². The number of carboxylic acid groups (broad SMARTS) is 2. The van der Waals surface area contributed by atoms with Crippen molar-refractivity contribution >= 4 is 28.9 Å². The summed E-state index contributed by atoms with van der Waals surface area (Å²) in [5.41, 5.74) is -1.41. The normalized spacial score (nSPS) is 14.2. The molecule has 0 atom stereocenters. The molecule has 0 fully saturated rings. The third-order valence-corrected chi connectivity index (χ3v) is 6.19. The second-order valence-electron chi connectivity index (χ2n) is 6.23. The molecule has 1 aromatic rings. The van der Waals surface area contributed by atoms with E-state index in [-0.39, 0.29) is 0 Å². The van der Waals surface area contributed by atoms with E-state index >= 15 is 0 Å². The molecule has 9 heteroatoms. The summed E-state index contributed by atoms with van der Waals surface area (Å²) in [4.78, 5) is 21.7. The van der Waals surface area contributed by atoms with Crippen LogP contribution < -0.4 is 0 Å². The van der Waals surface area contributed by atoms with E-state index in [1.165, 1.54) is 0 Å². The fourth-order valence-corrected chi connectivity index (χ4v) is 5.72. The SMILES string of the molecule is CP(C)(C)(C)OS(=O)(=O)c1cccc(C(=O)O)c1C(=O)O. The number of hydrogen-bond acceptors (Lipinski definition) is 5. The number of aromatic carboxylic acids is 2. The van der Waals surface area contributed by atoms with Crippen LogP contribution in [0.25, 0.3) is 0 Å². The Morgan fingerprint density at radius 2 is 1.57 bits per heavy atom. The molecule has 2 N–H and O–H groups in total.